The second-order valence-corrected chi connectivity index (χ2v) is 6.56. The first-order valence-electron chi connectivity index (χ1n) is 7.81. The second-order valence-electron chi connectivity index (χ2n) is 6.56. The zero-order valence-electron chi connectivity index (χ0n) is 13.7. The average Bonchev–Trinajstić information content (AvgIpc) is 2.37. The van der Waals surface area contributed by atoms with Crippen molar-refractivity contribution in [3.8, 4) is 0 Å². The normalized spacial score (nSPS) is 28.8. The molecule has 1 N–H and O–H groups in total. The van der Waals surface area contributed by atoms with Crippen LogP contribution in [0.1, 0.15) is 53.9 Å². The van der Waals surface area contributed by atoms with E-state index in [4.69, 9.17) is 14.6 Å². The molecule has 1 saturated carbocycles. The van der Waals surface area contributed by atoms with E-state index in [0.29, 0.717) is 17.8 Å². The van der Waals surface area contributed by atoms with Gasteiger partial charge in [0.2, 0.25) is 0 Å². The van der Waals surface area contributed by atoms with Crippen molar-refractivity contribution in [2.45, 2.75) is 72.2 Å². The third-order valence-electron chi connectivity index (χ3n) is 4.19. The minimum Gasteiger partial charge on any atom is -0.459 e. The smallest absolute Gasteiger partial charge is 0.347 e. The Kier molecular flexibility index (Phi) is 6.65. The molecule has 1 aliphatic carbocycles. The van der Waals surface area contributed by atoms with Gasteiger partial charge in [-0.3, -0.25) is 0 Å². The molecule has 1 rings (SSSR count). The van der Waals surface area contributed by atoms with Crippen molar-refractivity contribution in [3.63, 3.8) is 0 Å². The monoisotopic (exact) mass is 300 g/mol. The first-order chi connectivity index (χ1) is 9.72. The van der Waals surface area contributed by atoms with Gasteiger partial charge < -0.3 is 14.6 Å². The molecule has 21 heavy (non-hydrogen) atoms. The zero-order chi connectivity index (χ0) is 16.2. The summed E-state index contributed by atoms with van der Waals surface area (Å²) in [6.45, 7) is 9.21. The summed E-state index contributed by atoms with van der Waals surface area (Å²) in [4.78, 5) is 23.4. The molecule has 0 aromatic heterocycles. The zero-order valence-corrected chi connectivity index (χ0v) is 13.7. The summed E-state index contributed by atoms with van der Waals surface area (Å²) < 4.78 is 10.5. The number of carbonyl (C=O) groups excluding carboxylic acids is 2. The molecule has 1 fully saturated rings. The molecule has 0 aromatic rings. The van der Waals surface area contributed by atoms with Crippen LogP contribution >= 0.6 is 0 Å². The minimum absolute atomic E-state index is 0.117. The predicted octanol–water partition coefficient (Wildman–Crippen LogP) is 2.30. The van der Waals surface area contributed by atoms with Crippen LogP contribution in [0.4, 0.5) is 0 Å². The predicted molar refractivity (Wildman–Crippen MR) is 78.5 cm³/mol. The lowest BCUT2D eigenvalue weighted by Crippen LogP contribution is -2.39. The lowest BCUT2D eigenvalue weighted by Gasteiger charge is -2.37. The van der Waals surface area contributed by atoms with E-state index >= 15 is 0 Å². The van der Waals surface area contributed by atoms with Crippen LogP contribution < -0.4 is 0 Å². The summed E-state index contributed by atoms with van der Waals surface area (Å²) in [6.07, 6.45) is 0.720. The Morgan fingerprint density at radius 3 is 2.24 bits per heavy atom. The maximum Gasteiger partial charge on any atom is 0.347 e. The summed E-state index contributed by atoms with van der Waals surface area (Å²) in [5.74, 6) is -0.00539. The molecule has 0 unspecified atom stereocenters. The SMILES string of the molecule is CC(C)[C@@H]1CC[C@@H](C)C[C@H]1OC(=O)[C@H](C)OC(=O)[C@H](C)O. The van der Waals surface area contributed by atoms with Crippen LogP contribution in [-0.4, -0.2) is 35.4 Å². The number of hydrogen-bond donors (Lipinski definition) is 1. The molecule has 0 aromatic carbocycles. The van der Waals surface area contributed by atoms with Gasteiger partial charge in [-0.15, -0.1) is 0 Å². The highest BCUT2D eigenvalue weighted by Crippen LogP contribution is 2.35. The van der Waals surface area contributed by atoms with E-state index in [9.17, 15) is 9.59 Å². The van der Waals surface area contributed by atoms with Gasteiger partial charge in [-0.2, -0.15) is 0 Å². The molecule has 122 valence electrons. The topological polar surface area (TPSA) is 72.8 Å². The van der Waals surface area contributed by atoms with E-state index in [0.717, 1.165) is 19.3 Å². The molecular weight excluding hydrogens is 272 g/mol. The van der Waals surface area contributed by atoms with Crippen molar-refractivity contribution in [1.82, 2.24) is 0 Å². The first-order valence-corrected chi connectivity index (χ1v) is 7.81. The number of rotatable bonds is 5. The molecule has 0 heterocycles. The van der Waals surface area contributed by atoms with E-state index in [1.807, 2.05) is 0 Å². The fraction of sp³-hybridized carbons (Fsp3) is 0.875. The van der Waals surface area contributed by atoms with E-state index in [1.165, 1.54) is 13.8 Å². The lowest BCUT2D eigenvalue weighted by molar-refractivity contribution is -0.178. The number of aliphatic hydroxyl groups excluding tert-OH is 1. The largest absolute Gasteiger partial charge is 0.459 e. The first kappa shape index (κ1) is 18.0. The van der Waals surface area contributed by atoms with Crippen molar-refractivity contribution < 1.29 is 24.2 Å². The van der Waals surface area contributed by atoms with Crippen LogP contribution in [0, 0.1) is 17.8 Å². The molecule has 1 aliphatic rings. The van der Waals surface area contributed by atoms with Crippen molar-refractivity contribution in [1.29, 1.82) is 0 Å². The lowest BCUT2D eigenvalue weighted by atomic mass is 9.75. The molecule has 5 heteroatoms. The van der Waals surface area contributed by atoms with Crippen molar-refractivity contribution >= 4 is 11.9 Å². The minimum atomic E-state index is -1.24. The second kappa shape index (κ2) is 7.78. The van der Waals surface area contributed by atoms with Gasteiger partial charge in [-0.1, -0.05) is 27.2 Å². The third-order valence-corrected chi connectivity index (χ3v) is 4.19. The molecule has 0 bridgehead atoms. The molecule has 5 atom stereocenters. The Morgan fingerprint density at radius 1 is 1.10 bits per heavy atom. The number of aliphatic hydroxyl groups is 1. The molecule has 0 spiro atoms. The highest BCUT2D eigenvalue weighted by atomic mass is 16.6. The van der Waals surface area contributed by atoms with Crippen LogP contribution in [-0.2, 0) is 19.1 Å². The van der Waals surface area contributed by atoms with Gasteiger partial charge in [0.25, 0.3) is 0 Å². The molecule has 0 amide bonds. The van der Waals surface area contributed by atoms with Crippen molar-refractivity contribution in [2.75, 3.05) is 0 Å². The van der Waals surface area contributed by atoms with E-state index in [-0.39, 0.29) is 6.10 Å². The van der Waals surface area contributed by atoms with E-state index in [2.05, 4.69) is 20.8 Å². The van der Waals surface area contributed by atoms with Crippen molar-refractivity contribution in [2.24, 2.45) is 17.8 Å². The summed E-state index contributed by atoms with van der Waals surface area (Å²) in [6, 6.07) is 0. The molecule has 5 nitrogen and oxygen atoms in total. The summed E-state index contributed by atoms with van der Waals surface area (Å²) >= 11 is 0. The van der Waals surface area contributed by atoms with Crippen LogP contribution in [0.15, 0.2) is 0 Å². The van der Waals surface area contributed by atoms with Gasteiger partial charge in [-0.25, -0.2) is 9.59 Å². The number of ether oxygens (including phenoxy) is 2. The Bertz CT molecular complexity index is 364. The third kappa shape index (κ3) is 5.30. The molecular formula is C16H28O5. The standard InChI is InChI=1S/C16H28O5/c1-9(2)13-7-6-10(3)8-14(13)21-16(19)12(5)20-15(18)11(4)17/h9-14,17H,6-8H2,1-5H3/t10-,11+,12+,13+,14-/m1/s1. The van der Waals surface area contributed by atoms with Crippen molar-refractivity contribution in [3.05, 3.63) is 0 Å². The quantitative estimate of drug-likeness (QED) is 0.789. The highest BCUT2D eigenvalue weighted by molar-refractivity contribution is 5.80. The maximum absolute atomic E-state index is 12.1. The van der Waals surface area contributed by atoms with E-state index in [1.54, 1.807) is 0 Å². The highest BCUT2D eigenvalue weighted by Gasteiger charge is 2.35. The molecule has 0 radical (unpaired) electrons. The number of carbonyl (C=O) groups is 2. The van der Waals surface area contributed by atoms with E-state index < -0.39 is 24.1 Å². The Morgan fingerprint density at radius 2 is 1.71 bits per heavy atom. The van der Waals surface area contributed by atoms with Crippen LogP contribution in [0.5, 0.6) is 0 Å². The van der Waals surface area contributed by atoms with Crippen LogP contribution in [0.3, 0.4) is 0 Å². The van der Waals surface area contributed by atoms with Gasteiger partial charge >= 0.3 is 11.9 Å². The van der Waals surface area contributed by atoms with Crippen LogP contribution in [0.2, 0.25) is 0 Å². The van der Waals surface area contributed by atoms with Gasteiger partial charge in [0.1, 0.15) is 12.2 Å². The Balaban J connectivity index is 2.59. The number of esters is 2. The average molecular weight is 300 g/mol. The molecule has 0 saturated heterocycles. The van der Waals surface area contributed by atoms with Gasteiger partial charge in [0.05, 0.1) is 0 Å². The summed E-state index contributed by atoms with van der Waals surface area (Å²) in [5, 5.41) is 9.10. The molecule has 0 aliphatic heterocycles. The maximum atomic E-state index is 12.1. The van der Waals surface area contributed by atoms with Crippen LogP contribution in [0.25, 0.3) is 0 Å². The fourth-order valence-corrected chi connectivity index (χ4v) is 2.82. The number of hydrogen-bond acceptors (Lipinski definition) is 5. The Hall–Kier alpha value is -1.10. The van der Waals surface area contributed by atoms with Gasteiger partial charge in [0.15, 0.2) is 6.10 Å². The summed E-state index contributed by atoms with van der Waals surface area (Å²) in [7, 11) is 0. The fourth-order valence-electron chi connectivity index (χ4n) is 2.82. The summed E-state index contributed by atoms with van der Waals surface area (Å²) in [5.41, 5.74) is 0. The van der Waals surface area contributed by atoms with Gasteiger partial charge in [0, 0.05) is 0 Å². The van der Waals surface area contributed by atoms with Gasteiger partial charge in [-0.05, 0) is 44.4 Å². The Labute approximate surface area is 127 Å².